The molecule has 0 aliphatic heterocycles. The molecule has 1 aromatic heterocycles. The van der Waals surface area contributed by atoms with E-state index in [4.69, 9.17) is 10.8 Å². The number of aryl methyl sites for hydroxylation is 2. The average Bonchev–Trinajstić information content (AvgIpc) is 2.79. The first kappa shape index (κ1) is 13.4. The highest BCUT2D eigenvalue weighted by molar-refractivity contribution is 5.72. The molecule has 0 aliphatic rings. The zero-order chi connectivity index (χ0) is 15.0. The van der Waals surface area contributed by atoms with Crippen LogP contribution in [0.1, 0.15) is 16.7 Å². The molecular weight excluding hydrogens is 258 g/mol. The van der Waals surface area contributed by atoms with Gasteiger partial charge in [-0.2, -0.15) is 5.10 Å². The van der Waals surface area contributed by atoms with E-state index in [2.05, 4.69) is 32.0 Å². The van der Waals surface area contributed by atoms with Gasteiger partial charge in [0, 0.05) is 11.1 Å². The van der Waals surface area contributed by atoms with Crippen LogP contribution in [-0.4, -0.2) is 9.78 Å². The van der Waals surface area contributed by atoms with Crippen LogP contribution in [0.4, 0.5) is 5.82 Å². The fraction of sp³-hybridized carbons (Fsp3) is 0.167. The molecule has 0 fully saturated rings. The number of anilines is 1. The largest absolute Gasteiger partial charge is 0.383 e. The van der Waals surface area contributed by atoms with Crippen molar-refractivity contribution in [2.24, 2.45) is 0 Å². The molecule has 0 saturated heterocycles. The molecule has 3 aromatic rings. The minimum absolute atomic E-state index is 0.692. The van der Waals surface area contributed by atoms with Crippen molar-refractivity contribution in [3.63, 3.8) is 0 Å². The molecule has 21 heavy (non-hydrogen) atoms. The molecule has 2 N–H and O–H groups in total. The van der Waals surface area contributed by atoms with E-state index in [9.17, 15) is 0 Å². The Labute approximate surface area is 125 Å². The third-order valence-corrected chi connectivity index (χ3v) is 3.82. The highest BCUT2D eigenvalue weighted by atomic mass is 15.3. The number of rotatable bonds is 2. The molecule has 1 heterocycles. The van der Waals surface area contributed by atoms with Gasteiger partial charge in [0.2, 0.25) is 0 Å². The van der Waals surface area contributed by atoms with Crippen molar-refractivity contribution in [2.45, 2.75) is 20.8 Å². The second-order valence-corrected chi connectivity index (χ2v) is 5.42. The molecule has 106 valence electrons. The summed E-state index contributed by atoms with van der Waals surface area (Å²) < 4.78 is 1.81. The van der Waals surface area contributed by atoms with Gasteiger partial charge in [-0.25, -0.2) is 4.68 Å². The lowest BCUT2D eigenvalue weighted by Crippen LogP contribution is -2.01. The molecule has 0 spiro atoms. The first-order chi connectivity index (χ1) is 10.1. The van der Waals surface area contributed by atoms with Crippen molar-refractivity contribution < 1.29 is 0 Å². The van der Waals surface area contributed by atoms with Gasteiger partial charge in [0.15, 0.2) is 0 Å². The Bertz CT molecular complexity index is 786. The summed E-state index contributed by atoms with van der Waals surface area (Å²) in [5.41, 5.74) is 12.8. The van der Waals surface area contributed by atoms with Crippen LogP contribution >= 0.6 is 0 Å². The van der Waals surface area contributed by atoms with Crippen molar-refractivity contribution in [1.82, 2.24) is 9.78 Å². The van der Waals surface area contributed by atoms with Crippen LogP contribution in [0.25, 0.3) is 16.9 Å². The summed E-state index contributed by atoms with van der Waals surface area (Å²) in [5.74, 6) is 0.692. The van der Waals surface area contributed by atoms with Crippen LogP contribution in [0.2, 0.25) is 0 Å². The Hall–Kier alpha value is -2.55. The van der Waals surface area contributed by atoms with Gasteiger partial charge >= 0.3 is 0 Å². The first-order valence-electron chi connectivity index (χ1n) is 7.06. The predicted octanol–water partition coefficient (Wildman–Crippen LogP) is 4.05. The molecule has 2 aromatic carbocycles. The maximum absolute atomic E-state index is 6.26. The normalized spacial score (nSPS) is 10.8. The van der Waals surface area contributed by atoms with Crippen LogP contribution in [0.5, 0.6) is 0 Å². The number of hydrogen-bond donors (Lipinski definition) is 1. The Morgan fingerprint density at radius 2 is 1.67 bits per heavy atom. The van der Waals surface area contributed by atoms with E-state index >= 15 is 0 Å². The SMILES string of the molecule is Cc1ccc(C)c(-c2nn(-c3ccccc3)c(N)c2C)c1. The lowest BCUT2D eigenvalue weighted by Gasteiger charge is -2.05. The second kappa shape index (κ2) is 5.09. The number of hydrogen-bond acceptors (Lipinski definition) is 2. The number of nitrogen functional groups attached to an aromatic ring is 1. The van der Waals surface area contributed by atoms with Crippen LogP contribution in [0.15, 0.2) is 48.5 Å². The molecule has 0 amide bonds. The summed E-state index contributed by atoms with van der Waals surface area (Å²) in [6.07, 6.45) is 0. The lowest BCUT2D eigenvalue weighted by atomic mass is 10.0. The van der Waals surface area contributed by atoms with Crippen molar-refractivity contribution in [3.05, 3.63) is 65.2 Å². The van der Waals surface area contributed by atoms with Gasteiger partial charge in [-0.15, -0.1) is 0 Å². The third-order valence-electron chi connectivity index (χ3n) is 3.82. The molecule has 0 unspecified atom stereocenters. The zero-order valence-corrected chi connectivity index (χ0v) is 12.6. The van der Waals surface area contributed by atoms with E-state index in [1.54, 1.807) is 0 Å². The number of nitrogens with zero attached hydrogens (tertiary/aromatic N) is 2. The molecule has 3 heteroatoms. The van der Waals surface area contributed by atoms with Crippen LogP contribution in [0, 0.1) is 20.8 Å². The molecule has 0 aliphatic carbocycles. The van der Waals surface area contributed by atoms with Gasteiger partial charge in [0.1, 0.15) is 5.82 Å². The monoisotopic (exact) mass is 277 g/mol. The van der Waals surface area contributed by atoms with Crippen LogP contribution < -0.4 is 5.73 Å². The molecule has 3 rings (SSSR count). The van der Waals surface area contributed by atoms with E-state index < -0.39 is 0 Å². The molecule has 0 bridgehead atoms. The Morgan fingerprint density at radius 3 is 2.38 bits per heavy atom. The van der Waals surface area contributed by atoms with Crippen LogP contribution in [-0.2, 0) is 0 Å². The van der Waals surface area contributed by atoms with Gasteiger partial charge < -0.3 is 5.73 Å². The van der Waals surface area contributed by atoms with E-state index in [-0.39, 0.29) is 0 Å². The average molecular weight is 277 g/mol. The summed E-state index contributed by atoms with van der Waals surface area (Å²) in [5, 5.41) is 4.74. The van der Waals surface area contributed by atoms with Gasteiger partial charge in [0.05, 0.1) is 11.4 Å². The minimum Gasteiger partial charge on any atom is -0.383 e. The quantitative estimate of drug-likeness (QED) is 0.768. The van der Waals surface area contributed by atoms with E-state index in [1.807, 2.05) is 41.9 Å². The molecule has 0 atom stereocenters. The third kappa shape index (κ3) is 2.31. The van der Waals surface area contributed by atoms with Gasteiger partial charge in [0.25, 0.3) is 0 Å². The Kier molecular flexibility index (Phi) is 3.26. The Balaban J connectivity index is 2.20. The van der Waals surface area contributed by atoms with Crippen LogP contribution in [0.3, 0.4) is 0 Å². The highest BCUT2D eigenvalue weighted by Crippen LogP contribution is 2.31. The molecule has 0 radical (unpaired) electrons. The lowest BCUT2D eigenvalue weighted by molar-refractivity contribution is 0.894. The van der Waals surface area contributed by atoms with Crippen molar-refractivity contribution in [1.29, 1.82) is 0 Å². The van der Waals surface area contributed by atoms with Gasteiger partial charge in [-0.3, -0.25) is 0 Å². The number of benzene rings is 2. The van der Waals surface area contributed by atoms with Gasteiger partial charge in [-0.1, -0.05) is 35.9 Å². The Morgan fingerprint density at radius 1 is 0.952 bits per heavy atom. The molecular formula is C18H19N3. The smallest absolute Gasteiger partial charge is 0.130 e. The second-order valence-electron chi connectivity index (χ2n) is 5.42. The number of nitrogens with two attached hydrogens (primary N) is 1. The van der Waals surface area contributed by atoms with E-state index in [1.165, 1.54) is 11.1 Å². The fourth-order valence-electron chi connectivity index (χ4n) is 2.52. The topological polar surface area (TPSA) is 43.8 Å². The predicted molar refractivity (Wildman–Crippen MR) is 87.6 cm³/mol. The van der Waals surface area contributed by atoms with Crippen molar-refractivity contribution in [3.8, 4) is 16.9 Å². The highest BCUT2D eigenvalue weighted by Gasteiger charge is 2.16. The fourth-order valence-corrected chi connectivity index (χ4v) is 2.52. The van der Waals surface area contributed by atoms with E-state index in [0.717, 1.165) is 22.5 Å². The van der Waals surface area contributed by atoms with Gasteiger partial charge in [-0.05, 0) is 44.5 Å². The number of aromatic nitrogens is 2. The zero-order valence-electron chi connectivity index (χ0n) is 12.6. The molecule has 3 nitrogen and oxygen atoms in total. The van der Waals surface area contributed by atoms with Crippen molar-refractivity contribution >= 4 is 5.82 Å². The summed E-state index contributed by atoms with van der Waals surface area (Å²) in [6, 6.07) is 16.4. The maximum atomic E-state index is 6.26. The first-order valence-corrected chi connectivity index (χ1v) is 7.06. The molecule has 0 saturated carbocycles. The minimum atomic E-state index is 0.692. The van der Waals surface area contributed by atoms with Crippen molar-refractivity contribution in [2.75, 3.05) is 5.73 Å². The van der Waals surface area contributed by atoms with E-state index in [0.29, 0.717) is 5.82 Å². The summed E-state index contributed by atoms with van der Waals surface area (Å²) in [7, 11) is 0. The summed E-state index contributed by atoms with van der Waals surface area (Å²) in [6.45, 7) is 6.22. The number of para-hydroxylation sites is 1. The maximum Gasteiger partial charge on any atom is 0.130 e. The standard InChI is InChI=1S/C18H19N3/c1-12-9-10-13(2)16(11-12)17-14(3)18(19)21(20-17)15-7-5-4-6-8-15/h4-11H,19H2,1-3H3. The summed E-state index contributed by atoms with van der Waals surface area (Å²) in [4.78, 5) is 0. The summed E-state index contributed by atoms with van der Waals surface area (Å²) >= 11 is 0.